The fourth-order valence-electron chi connectivity index (χ4n) is 3.23. The second kappa shape index (κ2) is 8.60. The Morgan fingerprint density at radius 3 is 2.32 bits per heavy atom. The van der Waals surface area contributed by atoms with Crippen LogP contribution in [-0.2, 0) is 0 Å². The van der Waals surface area contributed by atoms with E-state index in [0.29, 0.717) is 17.6 Å². The molecule has 0 aliphatic heterocycles. The van der Waals surface area contributed by atoms with Gasteiger partial charge in [-0.05, 0) is 25.3 Å². The van der Waals surface area contributed by atoms with E-state index in [9.17, 15) is 4.79 Å². The quantitative estimate of drug-likeness (QED) is 0.805. The molecule has 1 heterocycles. The summed E-state index contributed by atoms with van der Waals surface area (Å²) in [5.41, 5.74) is 1.55. The van der Waals surface area contributed by atoms with E-state index in [1.807, 2.05) is 37.3 Å². The highest BCUT2D eigenvalue weighted by Crippen LogP contribution is 2.19. The maximum absolute atomic E-state index is 12.4. The van der Waals surface area contributed by atoms with Gasteiger partial charge in [-0.3, -0.25) is 4.79 Å². The number of anilines is 1. The van der Waals surface area contributed by atoms with Crippen LogP contribution in [0.5, 0.6) is 0 Å². The lowest BCUT2D eigenvalue weighted by molar-refractivity contribution is 0.0939. The Hall–Kier alpha value is -2.43. The molecular weight excluding hydrogens is 312 g/mol. The highest BCUT2D eigenvalue weighted by Gasteiger charge is 2.15. The Kier molecular flexibility index (Phi) is 5.99. The van der Waals surface area contributed by atoms with Crippen molar-refractivity contribution in [3.8, 4) is 0 Å². The first-order valence-corrected chi connectivity index (χ1v) is 9.17. The lowest BCUT2D eigenvalue weighted by Gasteiger charge is -2.16. The molecule has 1 saturated carbocycles. The third-order valence-corrected chi connectivity index (χ3v) is 4.75. The van der Waals surface area contributed by atoms with E-state index >= 15 is 0 Å². The standard InChI is InChI=1S/C20H26N4O/c1-15(16-9-5-4-6-10-16)23-19(25)17-13-21-20(22-14-17)24-18-11-7-2-3-8-12-18/h4-6,9-10,13-15,18H,2-3,7-8,11-12H2,1H3,(H,23,25)(H,21,22,24). The Morgan fingerprint density at radius 1 is 1.04 bits per heavy atom. The van der Waals surface area contributed by atoms with Crippen LogP contribution in [0, 0.1) is 0 Å². The number of benzene rings is 1. The van der Waals surface area contributed by atoms with Gasteiger partial charge in [-0.25, -0.2) is 9.97 Å². The third-order valence-electron chi connectivity index (χ3n) is 4.75. The minimum Gasteiger partial charge on any atom is -0.351 e. The second-order valence-electron chi connectivity index (χ2n) is 6.73. The Balaban J connectivity index is 1.56. The molecule has 0 saturated heterocycles. The van der Waals surface area contributed by atoms with Gasteiger partial charge < -0.3 is 10.6 Å². The number of hydrogen-bond acceptors (Lipinski definition) is 4. The molecule has 1 aliphatic rings. The summed E-state index contributed by atoms with van der Waals surface area (Å²) >= 11 is 0. The molecule has 25 heavy (non-hydrogen) atoms. The Bertz CT molecular complexity index is 664. The van der Waals surface area contributed by atoms with Gasteiger partial charge in [0.05, 0.1) is 11.6 Å². The average Bonchev–Trinajstić information content (AvgIpc) is 2.91. The Labute approximate surface area is 149 Å². The summed E-state index contributed by atoms with van der Waals surface area (Å²) in [5, 5.41) is 6.38. The number of hydrogen-bond donors (Lipinski definition) is 2. The van der Waals surface area contributed by atoms with Crippen LogP contribution in [0.15, 0.2) is 42.7 Å². The monoisotopic (exact) mass is 338 g/mol. The van der Waals surface area contributed by atoms with E-state index in [0.717, 1.165) is 5.56 Å². The number of amides is 1. The highest BCUT2D eigenvalue weighted by molar-refractivity contribution is 5.93. The first-order chi connectivity index (χ1) is 12.2. The predicted octanol–water partition coefficient (Wildman–Crippen LogP) is 4.10. The van der Waals surface area contributed by atoms with Gasteiger partial charge in [-0.1, -0.05) is 56.0 Å². The van der Waals surface area contributed by atoms with Crippen LogP contribution in [0.25, 0.3) is 0 Å². The van der Waals surface area contributed by atoms with E-state index in [4.69, 9.17) is 0 Å². The molecule has 1 aromatic carbocycles. The predicted molar refractivity (Wildman–Crippen MR) is 99.5 cm³/mol. The maximum Gasteiger partial charge on any atom is 0.254 e. The van der Waals surface area contributed by atoms with Crippen LogP contribution in [0.2, 0.25) is 0 Å². The van der Waals surface area contributed by atoms with Crippen molar-refractivity contribution in [2.45, 2.75) is 57.5 Å². The number of nitrogens with one attached hydrogen (secondary N) is 2. The minimum atomic E-state index is -0.155. The van der Waals surface area contributed by atoms with Crippen LogP contribution in [0.4, 0.5) is 5.95 Å². The smallest absolute Gasteiger partial charge is 0.254 e. The zero-order chi connectivity index (χ0) is 17.5. The van der Waals surface area contributed by atoms with Crippen LogP contribution >= 0.6 is 0 Å². The molecule has 0 radical (unpaired) electrons. The van der Waals surface area contributed by atoms with Gasteiger partial charge in [0.25, 0.3) is 5.91 Å². The van der Waals surface area contributed by atoms with Crippen molar-refractivity contribution in [2.24, 2.45) is 0 Å². The van der Waals surface area contributed by atoms with Crippen molar-refractivity contribution in [1.29, 1.82) is 0 Å². The summed E-state index contributed by atoms with van der Waals surface area (Å²) in [6, 6.07) is 10.3. The third kappa shape index (κ3) is 5.02. The van der Waals surface area contributed by atoms with Crippen molar-refractivity contribution < 1.29 is 4.79 Å². The molecule has 0 bridgehead atoms. The molecule has 1 atom stereocenters. The summed E-state index contributed by atoms with van der Waals surface area (Å²) < 4.78 is 0. The molecule has 2 aromatic rings. The second-order valence-corrected chi connectivity index (χ2v) is 6.73. The lowest BCUT2D eigenvalue weighted by Crippen LogP contribution is -2.27. The number of nitrogens with zero attached hydrogens (tertiary/aromatic N) is 2. The summed E-state index contributed by atoms with van der Waals surface area (Å²) in [6.45, 7) is 1.97. The van der Waals surface area contributed by atoms with Gasteiger partial charge in [0.2, 0.25) is 5.95 Å². The molecule has 1 aliphatic carbocycles. The maximum atomic E-state index is 12.4. The van der Waals surface area contributed by atoms with E-state index in [2.05, 4.69) is 20.6 Å². The largest absolute Gasteiger partial charge is 0.351 e. The molecule has 132 valence electrons. The molecule has 5 nitrogen and oxygen atoms in total. The van der Waals surface area contributed by atoms with Crippen LogP contribution in [-0.4, -0.2) is 21.9 Å². The molecule has 1 fully saturated rings. The summed E-state index contributed by atoms with van der Waals surface area (Å²) in [5.74, 6) is 0.455. The van der Waals surface area contributed by atoms with Crippen molar-refractivity contribution in [3.63, 3.8) is 0 Å². The first kappa shape index (κ1) is 17.4. The van der Waals surface area contributed by atoms with Crippen molar-refractivity contribution in [3.05, 3.63) is 53.9 Å². The van der Waals surface area contributed by atoms with Crippen LogP contribution < -0.4 is 10.6 Å². The Morgan fingerprint density at radius 2 is 1.68 bits per heavy atom. The molecule has 5 heteroatoms. The highest BCUT2D eigenvalue weighted by atomic mass is 16.1. The van der Waals surface area contributed by atoms with Crippen molar-refractivity contribution >= 4 is 11.9 Å². The van der Waals surface area contributed by atoms with Gasteiger partial charge in [0.1, 0.15) is 0 Å². The molecule has 1 amide bonds. The van der Waals surface area contributed by atoms with Crippen LogP contribution in [0.3, 0.4) is 0 Å². The van der Waals surface area contributed by atoms with Gasteiger partial charge in [0, 0.05) is 18.4 Å². The van der Waals surface area contributed by atoms with Gasteiger partial charge in [-0.2, -0.15) is 0 Å². The first-order valence-electron chi connectivity index (χ1n) is 9.17. The summed E-state index contributed by atoms with van der Waals surface area (Å²) in [7, 11) is 0. The molecule has 1 aromatic heterocycles. The number of carbonyl (C=O) groups excluding carboxylic acids is 1. The van der Waals surface area contributed by atoms with E-state index in [1.165, 1.54) is 38.5 Å². The van der Waals surface area contributed by atoms with Crippen molar-refractivity contribution in [1.82, 2.24) is 15.3 Å². The SMILES string of the molecule is CC(NC(=O)c1cnc(NC2CCCCCC2)nc1)c1ccccc1. The van der Waals surface area contributed by atoms with Gasteiger partial charge >= 0.3 is 0 Å². The van der Waals surface area contributed by atoms with Gasteiger partial charge in [-0.15, -0.1) is 0 Å². The van der Waals surface area contributed by atoms with E-state index < -0.39 is 0 Å². The topological polar surface area (TPSA) is 66.9 Å². The molecule has 1 unspecified atom stereocenters. The summed E-state index contributed by atoms with van der Waals surface area (Å²) in [6.07, 6.45) is 10.7. The number of aromatic nitrogens is 2. The molecule has 2 N–H and O–H groups in total. The zero-order valence-electron chi connectivity index (χ0n) is 14.7. The molecule has 0 spiro atoms. The fraction of sp³-hybridized carbons (Fsp3) is 0.450. The number of carbonyl (C=O) groups is 1. The van der Waals surface area contributed by atoms with Crippen molar-refractivity contribution in [2.75, 3.05) is 5.32 Å². The van der Waals surface area contributed by atoms with E-state index in [1.54, 1.807) is 12.4 Å². The average molecular weight is 338 g/mol. The lowest BCUT2D eigenvalue weighted by atomic mass is 10.1. The summed E-state index contributed by atoms with van der Waals surface area (Å²) in [4.78, 5) is 21.0. The van der Waals surface area contributed by atoms with Crippen LogP contribution in [0.1, 0.15) is 67.4 Å². The zero-order valence-corrected chi connectivity index (χ0v) is 14.7. The van der Waals surface area contributed by atoms with E-state index in [-0.39, 0.29) is 11.9 Å². The molecular formula is C20H26N4O. The normalized spacial score (nSPS) is 16.7. The van der Waals surface area contributed by atoms with Gasteiger partial charge in [0.15, 0.2) is 0 Å². The fourth-order valence-corrected chi connectivity index (χ4v) is 3.23. The molecule has 3 rings (SSSR count). The number of rotatable bonds is 5. The minimum absolute atomic E-state index is 0.0579.